The van der Waals surface area contributed by atoms with Gasteiger partial charge in [-0.25, -0.2) is 8.42 Å². The van der Waals surface area contributed by atoms with Crippen LogP contribution in [0.3, 0.4) is 0 Å². The Balaban J connectivity index is 3.06. The summed E-state index contributed by atoms with van der Waals surface area (Å²) in [4.78, 5) is 21.5. The monoisotopic (exact) mass is 330 g/mol. The maximum absolute atomic E-state index is 12.3. The molecule has 122 valence electrons. The number of non-ortho nitro benzene ring substituents is 1. The zero-order valence-corrected chi connectivity index (χ0v) is 13.3. The summed E-state index contributed by atoms with van der Waals surface area (Å²) in [6, 6.07) is 3.39. The molecule has 1 aromatic carbocycles. The summed E-state index contributed by atoms with van der Waals surface area (Å²) in [5.41, 5.74) is -0.217. The molecule has 0 heterocycles. The Hall–Kier alpha value is -2.00. The van der Waals surface area contributed by atoms with E-state index in [1.54, 1.807) is 6.92 Å². The van der Waals surface area contributed by atoms with Crippen LogP contribution in [0.2, 0.25) is 0 Å². The first-order chi connectivity index (χ1) is 10.2. The summed E-state index contributed by atoms with van der Waals surface area (Å²) in [7, 11) is -2.81. The minimum Gasteiger partial charge on any atom is -0.468 e. The molecule has 0 saturated heterocycles. The number of sulfonamides is 1. The van der Waals surface area contributed by atoms with E-state index < -0.39 is 27.0 Å². The van der Waals surface area contributed by atoms with Crippen LogP contribution in [-0.4, -0.2) is 32.5 Å². The number of benzene rings is 1. The van der Waals surface area contributed by atoms with Crippen molar-refractivity contribution in [1.82, 2.24) is 4.72 Å². The fraction of sp³-hybridized carbons (Fsp3) is 0.462. The smallest absolute Gasteiger partial charge is 0.324 e. The molecule has 0 aliphatic heterocycles. The van der Waals surface area contributed by atoms with Gasteiger partial charge in [0.05, 0.1) is 16.9 Å². The molecule has 9 heteroatoms. The normalized spacial score (nSPS) is 14.1. The number of nitrogens with zero attached hydrogens (tertiary/aromatic N) is 1. The summed E-state index contributed by atoms with van der Waals surface area (Å²) >= 11 is 0. The van der Waals surface area contributed by atoms with Gasteiger partial charge in [0.25, 0.3) is 5.69 Å². The molecule has 0 aromatic heterocycles. The van der Waals surface area contributed by atoms with Crippen molar-refractivity contribution < 1.29 is 22.9 Å². The molecular formula is C13H18N2O6S. The van der Waals surface area contributed by atoms with Crippen molar-refractivity contribution in [2.75, 3.05) is 7.11 Å². The van der Waals surface area contributed by atoms with E-state index in [0.29, 0.717) is 6.42 Å². The van der Waals surface area contributed by atoms with Crippen LogP contribution in [-0.2, 0) is 19.6 Å². The highest BCUT2D eigenvalue weighted by Gasteiger charge is 2.30. The number of nitro benzene ring substituents is 1. The van der Waals surface area contributed by atoms with Gasteiger partial charge in [0.2, 0.25) is 10.0 Å². The third-order valence-electron chi connectivity index (χ3n) is 3.31. The summed E-state index contributed by atoms with van der Waals surface area (Å²) < 4.78 is 31.5. The topological polar surface area (TPSA) is 116 Å². The van der Waals surface area contributed by atoms with E-state index in [1.165, 1.54) is 7.11 Å². The number of nitro groups is 1. The van der Waals surface area contributed by atoms with E-state index in [2.05, 4.69) is 9.46 Å². The highest BCUT2D eigenvalue weighted by molar-refractivity contribution is 7.89. The fourth-order valence-electron chi connectivity index (χ4n) is 1.74. The maximum atomic E-state index is 12.3. The number of nitrogens with one attached hydrogen (secondary N) is 1. The maximum Gasteiger partial charge on any atom is 0.324 e. The quantitative estimate of drug-likeness (QED) is 0.460. The Bertz CT molecular complexity index is 641. The van der Waals surface area contributed by atoms with Crippen molar-refractivity contribution in [1.29, 1.82) is 0 Å². The summed E-state index contributed by atoms with van der Waals surface area (Å²) in [6.45, 7) is 3.54. The number of hydrogen-bond donors (Lipinski definition) is 1. The molecule has 0 saturated carbocycles. The van der Waals surface area contributed by atoms with Gasteiger partial charge in [-0.3, -0.25) is 14.9 Å². The molecule has 8 nitrogen and oxygen atoms in total. The molecule has 0 bridgehead atoms. The molecule has 2 atom stereocenters. The van der Waals surface area contributed by atoms with Crippen molar-refractivity contribution in [2.24, 2.45) is 5.92 Å². The first-order valence-corrected chi connectivity index (χ1v) is 8.05. The average Bonchev–Trinajstić information content (AvgIpc) is 2.51. The molecule has 1 rings (SSSR count). The van der Waals surface area contributed by atoms with Gasteiger partial charge in [0, 0.05) is 12.1 Å². The molecule has 0 aliphatic rings. The van der Waals surface area contributed by atoms with Crippen molar-refractivity contribution in [2.45, 2.75) is 31.2 Å². The number of esters is 1. The van der Waals surface area contributed by atoms with Gasteiger partial charge in [-0.05, 0) is 18.1 Å². The minimum absolute atomic E-state index is 0.157. The van der Waals surface area contributed by atoms with Crippen molar-refractivity contribution in [3.63, 3.8) is 0 Å². The minimum atomic E-state index is -3.99. The number of ether oxygens (including phenoxy) is 1. The highest BCUT2D eigenvalue weighted by Crippen LogP contribution is 2.18. The summed E-state index contributed by atoms with van der Waals surface area (Å²) in [6.07, 6.45) is 0.572. The van der Waals surface area contributed by atoms with Crippen LogP contribution in [0.1, 0.15) is 20.3 Å². The van der Waals surface area contributed by atoms with Crippen LogP contribution in [0.4, 0.5) is 5.69 Å². The third kappa shape index (κ3) is 4.25. The van der Waals surface area contributed by atoms with E-state index in [-0.39, 0.29) is 16.5 Å². The lowest BCUT2D eigenvalue weighted by Gasteiger charge is -2.21. The van der Waals surface area contributed by atoms with E-state index >= 15 is 0 Å². The lowest BCUT2D eigenvalue weighted by molar-refractivity contribution is -0.384. The van der Waals surface area contributed by atoms with Crippen LogP contribution in [0, 0.1) is 16.0 Å². The van der Waals surface area contributed by atoms with Crippen molar-refractivity contribution in [3.05, 3.63) is 34.4 Å². The lowest BCUT2D eigenvalue weighted by atomic mass is 10.0. The van der Waals surface area contributed by atoms with E-state index in [4.69, 9.17) is 0 Å². The second-order valence-electron chi connectivity index (χ2n) is 4.76. The van der Waals surface area contributed by atoms with Gasteiger partial charge in [-0.15, -0.1) is 0 Å². The molecule has 1 N–H and O–H groups in total. The van der Waals surface area contributed by atoms with Crippen LogP contribution >= 0.6 is 0 Å². The first-order valence-electron chi connectivity index (χ1n) is 6.57. The Morgan fingerprint density at radius 2 is 1.91 bits per heavy atom. The SMILES string of the molecule is CC[C@@H](C)[C@@H](NS(=O)(=O)c1ccc([N+](=O)[O-])cc1)C(=O)OC. The van der Waals surface area contributed by atoms with Crippen molar-refractivity contribution in [3.8, 4) is 0 Å². The lowest BCUT2D eigenvalue weighted by Crippen LogP contribution is -2.45. The number of carbonyl (C=O) groups is 1. The Labute approximate surface area is 128 Å². The molecule has 0 amide bonds. The van der Waals surface area contributed by atoms with Gasteiger partial charge in [0.1, 0.15) is 6.04 Å². The largest absolute Gasteiger partial charge is 0.468 e. The predicted octanol–water partition coefficient (Wildman–Crippen LogP) is 1.46. The van der Waals surface area contributed by atoms with Crippen LogP contribution in [0.15, 0.2) is 29.2 Å². The summed E-state index contributed by atoms with van der Waals surface area (Å²) in [5.74, 6) is -0.944. The van der Waals surface area contributed by atoms with E-state index in [0.717, 1.165) is 24.3 Å². The molecule has 0 unspecified atom stereocenters. The number of methoxy groups -OCH3 is 1. The van der Waals surface area contributed by atoms with Gasteiger partial charge in [-0.2, -0.15) is 4.72 Å². The Morgan fingerprint density at radius 3 is 2.32 bits per heavy atom. The summed E-state index contributed by atoms with van der Waals surface area (Å²) in [5, 5.41) is 10.6. The van der Waals surface area contributed by atoms with Crippen LogP contribution in [0.25, 0.3) is 0 Å². The molecule has 0 aliphatic carbocycles. The van der Waals surface area contributed by atoms with E-state index in [9.17, 15) is 23.3 Å². The zero-order valence-electron chi connectivity index (χ0n) is 12.5. The second kappa shape index (κ2) is 7.32. The van der Waals surface area contributed by atoms with Crippen molar-refractivity contribution >= 4 is 21.7 Å². The molecule has 0 spiro atoms. The molecule has 0 radical (unpaired) electrons. The standard InChI is InChI=1S/C13H18N2O6S/c1-4-9(2)12(13(16)21-3)14-22(19,20)11-7-5-10(6-8-11)15(17)18/h5-9,12,14H,4H2,1-3H3/t9-,12-/m1/s1. The number of carbonyl (C=O) groups excluding carboxylic acids is 1. The second-order valence-corrected chi connectivity index (χ2v) is 6.47. The molecule has 0 fully saturated rings. The fourth-order valence-corrected chi connectivity index (χ4v) is 3.03. The number of hydrogen-bond acceptors (Lipinski definition) is 6. The van der Waals surface area contributed by atoms with Crippen LogP contribution in [0.5, 0.6) is 0 Å². The van der Waals surface area contributed by atoms with Gasteiger partial charge < -0.3 is 4.74 Å². The Morgan fingerprint density at radius 1 is 1.36 bits per heavy atom. The van der Waals surface area contributed by atoms with Gasteiger partial charge in [-0.1, -0.05) is 20.3 Å². The molecular weight excluding hydrogens is 312 g/mol. The van der Waals surface area contributed by atoms with Crippen LogP contribution < -0.4 is 4.72 Å². The average molecular weight is 330 g/mol. The Kier molecular flexibility index (Phi) is 6.01. The van der Waals surface area contributed by atoms with E-state index in [1.807, 2.05) is 6.92 Å². The molecule has 1 aromatic rings. The highest BCUT2D eigenvalue weighted by atomic mass is 32.2. The number of rotatable bonds is 7. The predicted molar refractivity (Wildman–Crippen MR) is 78.7 cm³/mol. The van der Waals surface area contributed by atoms with Gasteiger partial charge >= 0.3 is 5.97 Å². The third-order valence-corrected chi connectivity index (χ3v) is 4.77. The molecule has 22 heavy (non-hydrogen) atoms. The van der Waals surface area contributed by atoms with Gasteiger partial charge in [0.15, 0.2) is 0 Å². The first kappa shape index (κ1) is 18.1. The zero-order chi connectivity index (χ0) is 16.9.